The SMILES string of the molecule is NC(=O)c1ccc(C(=O)N2CCC(NC3CCNC3)CC2)cc1. The molecule has 2 heterocycles. The van der Waals surface area contributed by atoms with Crippen LogP contribution in [0.3, 0.4) is 0 Å². The second-order valence-corrected chi connectivity index (χ2v) is 6.36. The molecule has 1 unspecified atom stereocenters. The van der Waals surface area contributed by atoms with Crippen molar-refractivity contribution in [3.8, 4) is 0 Å². The summed E-state index contributed by atoms with van der Waals surface area (Å²) in [5, 5.41) is 7.05. The third-order valence-corrected chi connectivity index (χ3v) is 4.73. The lowest BCUT2D eigenvalue weighted by molar-refractivity contribution is 0.0702. The van der Waals surface area contributed by atoms with Gasteiger partial charge in [-0.2, -0.15) is 0 Å². The van der Waals surface area contributed by atoms with Crippen LogP contribution >= 0.6 is 0 Å². The Morgan fingerprint density at radius 1 is 1.04 bits per heavy atom. The molecule has 2 saturated heterocycles. The predicted octanol–water partition coefficient (Wildman–Crippen LogP) is 0.342. The first-order valence-corrected chi connectivity index (χ1v) is 8.29. The molecule has 2 fully saturated rings. The van der Waals surface area contributed by atoms with Crippen molar-refractivity contribution in [2.45, 2.75) is 31.3 Å². The van der Waals surface area contributed by atoms with Crippen LogP contribution in [-0.2, 0) is 0 Å². The minimum Gasteiger partial charge on any atom is -0.366 e. The molecule has 0 radical (unpaired) electrons. The van der Waals surface area contributed by atoms with Crippen LogP contribution in [0, 0.1) is 0 Å². The van der Waals surface area contributed by atoms with Crippen LogP contribution in [0.15, 0.2) is 24.3 Å². The van der Waals surface area contributed by atoms with E-state index in [1.807, 2.05) is 4.90 Å². The average Bonchev–Trinajstić information content (AvgIpc) is 3.08. The molecular formula is C17H24N4O2. The average molecular weight is 316 g/mol. The van der Waals surface area contributed by atoms with E-state index >= 15 is 0 Å². The molecule has 0 saturated carbocycles. The Bertz CT molecular complexity index is 558. The third-order valence-electron chi connectivity index (χ3n) is 4.73. The Hall–Kier alpha value is -1.92. The standard InChI is InChI=1S/C17H24N4O2/c18-16(22)12-1-3-13(4-2-12)17(23)21-9-6-14(7-10-21)20-15-5-8-19-11-15/h1-4,14-15,19-20H,5-11H2,(H2,18,22). The number of rotatable bonds is 4. The normalized spacial score (nSPS) is 22.3. The van der Waals surface area contributed by atoms with Crippen molar-refractivity contribution in [2.75, 3.05) is 26.2 Å². The molecule has 6 nitrogen and oxygen atoms in total. The Labute approximate surface area is 136 Å². The maximum atomic E-state index is 12.5. The molecule has 2 aliphatic rings. The summed E-state index contributed by atoms with van der Waals surface area (Å²) in [6.07, 6.45) is 3.16. The van der Waals surface area contributed by atoms with Crippen molar-refractivity contribution in [2.24, 2.45) is 5.73 Å². The van der Waals surface area contributed by atoms with E-state index in [9.17, 15) is 9.59 Å². The van der Waals surface area contributed by atoms with E-state index in [-0.39, 0.29) is 5.91 Å². The number of nitrogens with one attached hydrogen (secondary N) is 2. The Balaban J connectivity index is 1.52. The molecule has 0 spiro atoms. The highest BCUT2D eigenvalue weighted by Crippen LogP contribution is 2.16. The topological polar surface area (TPSA) is 87.5 Å². The highest BCUT2D eigenvalue weighted by Gasteiger charge is 2.26. The molecule has 2 amide bonds. The van der Waals surface area contributed by atoms with Crippen LogP contribution in [0.5, 0.6) is 0 Å². The molecule has 4 N–H and O–H groups in total. The lowest BCUT2D eigenvalue weighted by Crippen LogP contribution is -2.48. The van der Waals surface area contributed by atoms with Gasteiger partial charge in [0.1, 0.15) is 0 Å². The van der Waals surface area contributed by atoms with Crippen molar-refractivity contribution in [3.05, 3.63) is 35.4 Å². The van der Waals surface area contributed by atoms with E-state index in [4.69, 9.17) is 5.73 Å². The number of likely N-dealkylation sites (tertiary alicyclic amines) is 1. The van der Waals surface area contributed by atoms with E-state index in [0.717, 1.165) is 39.0 Å². The monoisotopic (exact) mass is 316 g/mol. The fourth-order valence-electron chi connectivity index (χ4n) is 3.34. The zero-order valence-electron chi connectivity index (χ0n) is 13.3. The predicted molar refractivity (Wildman–Crippen MR) is 88.3 cm³/mol. The zero-order chi connectivity index (χ0) is 16.2. The van der Waals surface area contributed by atoms with Crippen LogP contribution in [0.2, 0.25) is 0 Å². The Kier molecular flexibility index (Phi) is 4.93. The van der Waals surface area contributed by atoms with Gasteiger partial charge in [-0.25, -0.2) is 0 Å². The molecule has 124 valence electrons. The molecule has 1 atom stereocenters. The molecule has 0 aromatic heterocycles. The van der Waals surface area contributed by atoms with E-state index in [2.05, 4.69) is 10.6 Å². The van der Waals surface area contributed by atoms with Gasteiger partial charge in [0.15, 0.2) is 0 Å². The molecule has 3 rings (SSSR count). The number of hydrogen-bond donors (Lipinski definition) is 3. The van der Waals surface area contributed by atoms with Crippen LogP contribution < -0.4 is 16.4 Å². The molecule has 1 aromatic carbocycles. The Morgan fingerprint density at radius 2 is 1.70 bits per heavy atom. The number of carbonyl (C=O) groups is 2. The summed E-state index contributed by atoms with van der Waals surface area (Å²) in [6, 6.07) is 7.65. The number of nitrogens with zero attached hydrogens (tertiary/aromatic N) is 1. The molecule has 2 aliphatic heterocycles. The summed E-state index contributed by atoms with van der Waals surface area (Å²) in [4.78, 5) is 25.5. The number of nitrogens with two attached hydrogens (primary N) is 1. The van der Waals surface area contributed by atoms with E-state index in [1.54, 1.807) is 24.3 Å². The first-order chi connectivity index (χ1) is 11.1. The molecule has 0 bridgehead atoms. The van der Waals surface area contributed by atoms with Gasteiger partial charge < -0.3 is 21.3 Å². The summed E-state index contributed by atoms with van der Waals surface area (Å²) in [5.41, 5.74) is 6.26. The summed E-state index contributed by atoms with van der Waals surface area (Å²) in [7, 11) is 0. The molecule has 0 aliphatic carbocycles. The van der Waals surface area contributed by atoms with Gasteiger partial charge in [-0.3, -0.25) is 9.59 Å². The number of carbonyl (C=O) groups excluding carboxylic acids is 2. The van der Waals surface area contributed by atoms with E-state index < -0.39 is 5.91 Å². The second kappa shape index (κ2) is 7.10. The van der Waals surface area contributed by atoms with Crippen LogP contribution in [0.1, 0.15) is 40.0 Å². The van der Waals surface area contributed by atoms with Gasteiger partial charge in [-0.15, -0.1) is 0 Å². The minimum absolute atomic E-state index is 0.0296. The quantitative estimate of drug-likeness (QED) is 0.747. The van der Waals surface area contributed by atoms with Gasteiger partial charge in [0.05, 0.1) is 0 Å². The van der Waals surface area contributed by atoms with Crippen LogP contribution in [-0.4, -0.2) is 55.0 Å². The van der Waals surface area contributed by atoms with E-state index in [1.165, 1.54) is 6.42 Å². The number of piperidine rings is 1. The summed E-state index contributed by atoms with van der Waals surface area (Å²) in [5.74, 6) is -0.445. The fourth-order valence-corrected chi connectivity index (χ4v) is 3.34. The molecule has 1 aromatic rings. The maximum absolute atomic E-state index is 12.5. The highest BCUT2D eigenvalue weighted by atomic mass is 16.2. The number of primary amides is 1. The van der Waals surface area contributed by atoms with Crippen molar-refractivity contribution < 1.29 is 9.59 Å². The van der Waals surface area contributed by atoms with Crippen LogP contribution in [0.4, 0.5) is 0 Å². The van der Waals surface area contributed by atoms with Gasteiger partial charge in [0.2, 0.25) is 5.91 Å². The summed E-state index contributed by atoms with van der Waals surface area (Å²) in [6.45, 7) is 3.68. The first kappa shape index (κ1) is 16.0. The summed E-state index contributed by atoms with van der Waals surface area (Å²) < 4.78 is 0. The van der Waals surface area contributed by atoms with Crippen molar-refractivity contribution in [1.29, 1.82) is 0 Å². The number of hydrogen-bond acceptors (Lipinski definition) is 4. The lowest BCUT2D eigenvalue weighted by Gasteiger charge is -2.34. The van der Waals surface area contributed by atoms with Crippen LogP contribution in [0.25, 0.3) is 0 Å². The molecular weight excluding hydrogens is 292 g/mol. The van der Waals surface area contributed by atoms with Gasteiger partial charge in [0, 0.05) is 42.8 Å². The van der Waals surface area contributed by atoms with Gasteiger partial charge in [-0.05, 0) is 50.1 Å². The smallest absolute Gasteiger partial charge is 0.253 e. The first-order valence-electron chi connectivity index (χ1n) is 8.29. The summed E-state index contributed by atoms with van der Waals surface area (Å²) >= 11 is 0. The minimum atomic E-state index is -0.475. The zero-order valence-corrected chi connectivity index (χ0v) is 13.3. The fraction of sp³-hybridized carbons (Fsp3) is 0.529. The molecule has 23 heavy (non-hydrogen) atoms. The third kappa shape index (κ3) is 3.89. The van der Waals surface area contributed by atoms with Crippen molar-refractivity contribution in [3.63, 3.8) is 0 Å². The molecule has 6 heteroatoms. The largest absolute Gasteiger partial charge is 0.366 e. The van der Waals surface area contributed by atoms with Gasteiger partial charge >= 0.3 is 0 Å². The van der Waals surface area contributed by atoms with E-state index in [0.29, 0.717) is 23.2 Å². The van der Waals surface area contributed by atoms with Crippen molar-refractivity contribution >= 4 is 11.8 Å². The Morgan fingerprint density at radius 3 is 2.26 bits per heavy atom. The highest BCUT2D eigenvalue weighted by molar-refractivity contribution is 5.97. The lowest BCUT2D eigenvalue weighted by atomic mass is 10.0. The second-order valence-electron chi connectivity index (χ2n) is 6.36. The number of benzene rings is 1. The maximum Gasteiger partial charge on any atom is 0.253 e. The van der Waals surface area contributed by atoms with Gasteiger partial charge in [-0.1, -0.05) is 0 Å². The van der Waals surface area contributed by atoms with Gasteiger partial charge in [0.25, 0.3) is 5.91 Å². The number of amides is 2. The van der Waals surface area contributed by atoms with Crippen molar-refractivity contribution in [1.82, 2.24) is 15.5 Å².